The van der Waals surface area contributed by atoms with Crippen LogP contribution in [0, 0.1) is 10.1 Å². The molecule has 0 saturated heterocycles. The lowest BCUT2D eigenvalue weighted by Crippen LogP contribution is -2.30. The molecule has 0 atom stereocenters. The van der Waals surface area contributed by atoms with Crippen LogP contribution in [0.4, 0.5) is 11.6 Å². The molecule has 0 amide bonds. The minimum absolute atomic E-state index is 0.115. The van der Waals surface area contributed by atoms with E-state index in [4.69, 9.17) is 0 Å². The summed E-state index contributed by atoms with van der Waals surface area (Å²) in [5.74, 6) is 0.351. The molecule has 0 bridgehead atoms. The highest BCUT2D eigenvalue weighted by atomic mass is 16.6. The van der Waals surface area contributed by atoms with Crippen molar-refractivity contribution in [2.45, 2.75) is 20.3 Å². The van der Waals surface area contributed by atoms with Crippen LogP contribution >= 0.6 is 0 Å². The number of aromatic nitrogens is 2. The van der Waals surface area contributed by atoms with Gasteiger partial charge in [-0.3, -0.25) is 4.57 Å². The highest BCUT2D eigenvalue weighted by Crippen LogP contribution is 2.20. The van der Waals surface area contributed by atoms with Gasteiger partial charge in [-0.15, -0.1) is 0 Å². The summed E-state index contributed by atoms with van der Waals surface area (Å²) >= 11 is 0. The Labute approximate surface area is 107 Å². The predicted octanol–water partition coefficient (Wildman–Crippen LogP) is 1.47. The Morgan fingerprint density at radius 2 is 2.22 bits per heavy atom. The number of rotatable bonds is 8. The van der Waals surface area contributed by atoms with Gasteiger partial charge in [0.25, 0.3) is 0 Å². The fraction of sp³-hybridized carbons (Fsp3) is 0.727. The normalized spacial score (nSPS) is 10.9. The first kappa shape index (κ1) is 14.4. The van der Waals surface area contributed by atoms with Crippen molar-refractivity contribution in [1.29, 1.82) is 0 Å². The molecule has 0 aromatic carbocycles. The van der Waals surface area contributed by atoms with Crippen LogP contribution in [0.2, 0.25) is 0 Å². The first-order chi connectivity index (χ1) is 8.60. The lowest BCUT2D eigenvalue weighted by molar-refractivity contribution is -0.388. The van der Waals surface area contributed by atoms with E-state index in [-0.39, 0.29) is 5.82 Å². The van der Waals surface area contributed by atoms with E-state index in [0.717, 1.165) is 26.1 Å². The summed E-state index contributed by atoms with van der Waals surface area (Å²) in [4.78, 5) is 16.4. The molecule has 1 aromatic heterocycles. The molecule has 0 aliphatic heterocycles. The number of hydrogen-bond donors (Lipinski definition) is 1. The average molecular weight is 255 g/mol. The van der Waals surface area contributed by atoms with Crippen LogP contribution in [0.15, 0.2) is 6.33 Å². The van der Waals surface area contributed by atoms with E-state index in [1.807, 2.05) is 0 Å². The van der Waals surface area contributed by atoms with Crippen molar-refractivity contribution in [2.24, 2.45) is 7.05 Å². The Hall–Kier alpha value is -1.63. The number of anilines is 1. The molecule has 0 saturated carbocycles. The number of imidazole rings is 1. The standard InChI is InChI=1S/C11H21N5O2/c1-4-7-15(5-2)8-6-12-10-11(16(17)18)13-9-14(10)3/h9,12H,4-8H2,1-3H3. The predicted molar refractivity (Wildman–Crippen MR) is 70.8 cm³/mol. The van der Waals surface area contributed by atoms with Crippen LogP contribution in [-0.2, 0) is 7.05 Å². The molecule has 1 aromatic rings. The molecule has 7 heteroatoms. The Bertz CT molecular complexity index is 391. The highest BCUT2D eigenvalue weighted by molar-refractivity contribution is 5.51. The zero-order valence-corrected chi connectivity index (χ0v) is 11.2. The molecule has 0 aliphatic carbocycles. The quantitative estimate of drug-likeness (QED) is 0.562. The van der Waals surface area contributed by atoms with Crippen LogP contribution in [0.3, 0.4) is 0 Å². The van der Waals surface area contributed by atoms with Gasteiger partial charge in [0.05, 0.1) is 0 Å². The average Bonchev–Trinajstić information content (AvgIpc) is 2.70. The van der Waals surface area contributed by atoms with E-state index in [1.54, 1.807) is 11.6 Å². The third-order valence-electron chi connectivity index (χ3n) is 2.80. The zero-order chi connectivity index (χ0) is 13.5. The SMILES string of the molecule is CCCN(CC)CCNc1c([N+](=O)[O-])ncn1C. The number of hydrogen-bond acceptors (Lipinski definition) is 5. The van der Waals surface area contributed by atoms with Crippen LogP contribution in [0.5, 0.6) is 0 Å². The number of nitro groups is 1. The fourth-order valence-corrected chi connectivity index (χ4v) is 1.83. The molecule has 0 spiro atoms. The smallest absolute Gasteiger partial charge is 0.363 e. The number of nitrogens with one attached hydrogen (secondary N) is 1. The Morgan fingerprint density at radius 1 is 1.50 bits per heavy atom. The third-order valence-corrected chi connectivity index (χ3v) is 2.80. The molecule has 7 nitrogen and oxygen atoms in total. The van der Waals surface area contributed by atoms with E-state index in [9.17, 15) is 10.1 Å². The maximum atomic E-state index is 10.8. The number of likely N-dealkylation sites (N-methyl/N-ethyl adjacent to an activating group) is 1. The van der Waals surface area contributed by atoms with Gasteiger partial charge in [-0.2, -0.15) is 0 Å². The first-order valence-electron chi connectivity index (χ1n) is 6.22. The van der Waals surface area contributed by atoms with Crippen LogP contribution in [-0.4, -0.2) is 45.6 Å². The molecule has 0 fully saturated rings. The van der Waals surface area contributed by atoms with Gasteiger partial charge in [0.1, 0.15) is 0 Å². The molecule has 1 N–H and O–H groups in total. The first-order valence-corrected chi connectivity index (χ1v) is 6.22. The van der Waals surface area contributed by atoms with Gasteiger partial charge in [-0.25, -0.2) is 0 Å². The summed E-state index contributed by atoms with van der Waals surface area (Å²) < 4.78 is 1.63. The molecule has 102 valence electrons. The molecule has 0 aliphatic rings. The molecular formula is C11H21N5O2. The third kappa shape index (κ3) is 3.69. The van der Waals surface area contributed by atoms with Crippen molar-refractivity contribution in [3.05, 3.63) is 16.4 Å². The summed E-state index contributed by atoms with van der Waals surface area (Å²) in [6.45, 7) is 7.83. The van der Waals surface area contributed by atoms with Crippen LogP contribution in [0.1, 0.15) is 20.3 Å². The van der Waals surface area contributed by atoms with Gasteiger partial charge in [0.2, 0.25) is 12.1 Å². The monoisotopic (exact) mass is 255 g/mol. The van der Waals surface area contributed by atoms with E-state index < -0.39 is 4.92 Å². The van der Waals surface area contributed by atoms with E-state index in [2.05, 4.69) is 29.0 Å². The molecule has 1 rings (SSSR count). The van der Waals surface area contributed by atoms with Crippen molar-refractivity contribution in [3.63, 3.8) is 0 Å². The largest absolute Gasteiger partial charge is 0.406 e. The molecule has 0 unspecified atom stereocenters. The Balaban J connectivity index is 2.53. The maximum Gasteiger partial charge on any atom is 0.406 e. The Morgan fingerprint density at radius 3 is 2.78 bits per heavy atom. The summed E-state index contributed by atoms with van der Waals surface area (Å²) in [7, 11) is 1.74. The Kier molecular flexibility index (Phi) is 5.57. The van der Waals surface area contributed by atoms with Crippen molar-refractivity contribution < 1.29 is 4.92 Å². The molecular weight excluding hydrogens is 234 g/mol. The second kappa shape index (κ2) is 6.95. The number of nitrogens with zero attached hydrogens (tertiary/aromatic N) is 4. The van der Waals surface area contributed by atoms with Crippen molar-refractivity contribution in [3.8, 4) is 0 Å². The van der Waals surface area contributed by atoms with Gasteiger partial charge in [-0.1, -0.05) is 13.8 Å². The van der Waals surface area contributed by atoms with Crippen molar-refractivity contribution in [2.75, 3.05) is 31.5 Å². The molecule has 1 heterocycles. The van der Waals surface area contributed by atoms with Crippen molar-refractivity contribution >= 4 is 11.6 Å². The number of aryl methyl sites for hydroxylation is 1. The van der Waals surface area contributed by atoms with E-state index >= 15 is 0 Å². The minimum Gasteiger partial charge on any atom is -0.363 e. The van der Waals surface area contributed by atoms with Gasteiger partial charge >= 0.3 is 5.82 Å². The summed E-state index contributed by atoms with van der Waals surface area (Å²) in [5.41, 5.74) is 0. The lowest BCUT2D eigenvalue weighted by atomic mass is 10.4. The van der Waals surface area contributed by atoms with Gasteiger partial charge in [0.15, 0.2) is 0 Å². The van der Waals surface area contributed by atoms with Gasteiger partial charge < -0.3 is 20.3 Å². The van der Waals surface area contributed by atoms with Gasteiger partial charge in [0, 0.05) is 20.1 Å². The second-order valence-corrected chi connectivity index (χ2v) is 4.15. The zero-order valence-electron chi connectivity index (χ0n) is 11.2. The van der Waals surface area contributed by atoms with E-state index in [0.29, 0.717) is 12.4 Å². The molecule has 18 heavy (non-hydrogen) atoms. The molecule has 0 radical (unpaired) electrons. The van der Waals surface area contributed by atoms with Crippen LogP contribution in [0.25, 0.3) is 0 Å². The highest BCUT2D eigenvalue weighted by Gasteiger charge is 2.19. The maximum absolute atomic E-state index is 10.8. The minimum atomic E-state index is -0.466. The van der Waals surface area contributed by atoms with Gasteiger partial charge in [-0.05, 0) is 29.4 Å². The fourth-order valence-electron chi connectivity index (χ4n) is 1.83. The lowest BCUT2D eigenvalue weighted by Gasteiger charge is -2.19. The topological polar surface area (TPSA) is 76.2 Å². The summed E-state index contributed by atoms with van der Waals surface area (Å²) in [6.07, 6.45) is 2.56. The van der Waals surface area contributed by atoms with Crippen LogP contribution < -0.4 is 5.32 Å². The summed E-state index contributed by atoms with van der Waals surface area (Å²) in [6, 6.07) is 0. The van der Waals surface area contributed by atoms with E-state index in [1.165, 1.54) is 6.33 Å². The second-order valence-electron chi connectivity index (χ2n) is 4.15. The summed E-state index contributed by atoms with van der Waals surface area (Å²) in [5, 5.41) is 13.9. The van der Waals surface area contributed by atoms with Crippen molar-refractivity contribution in [1.82, 2.24) is 14.5 Å².